The molecule has 0 saturated carbocycles. The molecule has 0 saturated heterocycles. The van der Waals surface area contributed by atoms with Crippen LogP contribution < -0.4 is 10.5 Å². The Morgan fingerprint density at radius 1 is 1.42 bits per heavy atom. The normalized spacial score (nSPS) is 8.83. The van der Waals surface area contributed by atoms with E-state index in [1.807, 2.05) is 0 Å². The Labute approximate surface area is 77.6 Å². The van der Waals surface area contributed by atoms with E-state index in [-0.39, 0.29) is 18.2 Å². The second-order valence-corrected chi connectivity index (χ2v) is 2.38. The van der Waals surface area contributed by atoms with E-state index in [2.05, 4.69) is 0 Å². The van der Waals surface area contributed by atoms with Crippen LogP contribution in [0.15, 0.2) is 12.1 Å². The van der Waals surface area contributed by atoms with E-state index in [0.29, 0.717) is 11.4 Å². The molecule has 0 atom stereocenters. The van der Waals surface area contributed by atoms with Crippen molar-refractivity contribution in [2.45, 2.75) is 6.92 Å². The molecular formula is C8H12ClNO2. The highest BCUT2D eigenvalue weighted by Crippen LogP contribution is 2.28. The second kappa shape index (κ2) is 4.07. The maximum absolute atomic E-state index is 9.18. The van der Waals surface area contributed by atoms with Crippen LogP contribution in [0.25, 0.3) is 0 Å². The standard InChI is InChI=1S/C8H11NO2.ClH/c1-5-3-8(11-2)6(9)4-7(5)10;/h3-4,10H,9H2,1-2H3;1H. The molecule has 1 rings (SSSR count). The summed E-state index contributed by atoms with van der Waals surface area (Å²) in [5.74, 6) is 0.795. The van der Waals surface area contributed by atoms with Crippen LogP contribution in [0.3, 0.4) is 0 Å². The van der Waals surface area contributed by atoms with Gasteiger partial charge in [0.05, 0.1) is 12.8 Å². The summed E-state index contributed by atoms with van der Waals surface area (Å²) in [5.41, 5.74) is 6.73. The van der Waals surface area contributed by atoms with Gasteiger partial charge in [0.1, 0.15) is 11.5 Å². The maximum atomic E-state index is 9.18. The molecule has 1 aromatic rings. The number of nitrogens with two attached hydrogens (primary N) is 1. The summed E-state index contributed by atoms with van der Waals surface area (Å²) in [7, 11) is 1.54. The van der Waals surface area contributed by atoms with Crippen molar-refractivity contribution in [3.8, 4) is 11.5 Å². The van der Waals surface area contributed by atoms with Crippen molar-refractivity contribution in [2.24, 2.45) is 0 Å². The first-order valence-corrected chi connectivity index (χ1v) is 3.28. The monoisotopic (exact) mass is 189 g/mol. The number of anilines is 1. The topological polar surface area (TPSA) is 55.5 Å². The summed E-state index contributed by atoms with van der Waals surface area (Å²) in [6, 6.07) is 3.18. The highest BCUT2D eigenvalue weighted by Gasteiger charge is 2.02. The van der Waals surface area contributed by atoms with Crippen molar-refractivity contribution in [2.75, 3.05) is 12.8 Å². The first-order chi connectivity index (χ1) is 5.15. The Bertz CT molecular complexity index is 276. The van der Waals surface area contributed by atoms with Gasteiger partial charge in [0, 0.05) is 6.07 Å². The molecule has 3 nitrogen and oxygen atoms in total. The molecule has 0 bridgehead atoms. The van der Waals surface area contributed by atoms with Crippen molar-refractivity contribution < 1.29 is 9.84 Å². The average molecular weight is 190 g/mol. The number of phenols is 1. The molecule has 0 spiro atoms. The summed E-state index contributed by atoms with van der Waals surface area (Å²) in [4.78, 5) is 0. The third-order valence-electron chi connectivity index (χ3n) is 1.55. The van der Waals surface area contributed by atoms with E-state index < -0.39 is 0 Å². The van der Waals surface area contributed by atoms with Gasteiger partial charge in [-0.25, -0.2) is 0 Å². The number of ether oxygens (including phenoxy) is 1. The van der Waals surface area contributed by atoms with Crippen LogP contribution in [0, 0.1) is 6.92 Å². The van der Waals surface area contributed by atoms with Gasteiger partial charge >= 0.3 is 0 Å². The van der Waals surface area contributed by atoms with Crippen LogP contribution in [0.2, 0.25) is 0 Å². The van der Waals surface area contributed by atoms with Gasteiger partial charge in [0.15, 0.2) is 0 Å². The molecular weight excluding hydrogens is 178 g/mol. The fourth-order valence-corrected chi connectivity index (χ4v) is 0.863. The predicted octanol–water partition coefficient (Wildman–Crippen LogP) is 1.71. The van der Waals surface area contributed by atoms with E-state index in [4.69, 9.17) is 10.5 Å². The van der Waals surface area contributed by atoms with Crippen LogP contribution >= 0.6 is 12.4 Å². The molecule has 0 aliphatic carbocycles. The minimum absolute atomic E-state index is 0. The van der Waals surface area contributed by atoms with Crippen molar-refractivity contribution in [1.82, 2.24) is 0 Å². The Morgan fingerprint density at radius 3 is 2.50 bits per heavy atom. The molecule has 0 fully saturated rings. The number of halogens is 1. The van der Waals surface area contributed by atoms with Gasteiger partial charge in [-0.3, -0.25) is 0 Å². The number of hydrogen-bond acceptors (Lipinski definition) is 3. The molecule has 0 heterocycles. The van der Waals surface area contributed by atoms with Gasteiger partial charge in [0.2, 0.25) is 0 Å². The molecule has 1 aromatic carbocycles. The van der Waals surface area contributed by atoms with Crippen molar-refractivity contribution in [3.63, 3.8) is 0 Å². The van der Waals surface area contributed by atoms with E-state index in [1.165, 1.54) is 6.07 Å². The van der Waals surface area contributed by atoms with Crippen LogP contribution in [-0.2, 0) is 0 Å². The van der Waals surface area contributed by atoms with Gasteiger partial charge in [-0.1, -0.05) is 0 Å². The molecule has 0 aliphatic heterocycles. The van der Waals surface area contributed by atoms with Crippen LogP contribution in [-0.4, -0.2) is 12.2 Å². The van der Waals surface area contributed by atoms with Crippen molar-refractivity contribution in [1.29, 1.82) is 0 Å². The quantitative estimate of drug-likeness (QED) is 0.662. The first-order valence-electron chi connectivity index (χ1n) is 3.28. The van der Waals surface area contributed by atoms with E-state index in [1.54, 1.807) is 20.1 Å². The maximum Gasteiger partial charge on any atom is 0.142 e. The van der Waals surface area contributed by atoms with Crippen LogP contribution in [0.4, 0.5) is 5.69 Å². The zero-order valence-electron chi connectivity index (χ0n) is 7.00. The van der Waals surface area contributed by atoms with Gasteiger partial charge in [-0.05, 0) is 18.6 Å². The Hall–Kier alpha value is -1.09. The summed E-state index contributed by atoms with van der Waals surface area (Å²) < 4.78 is 4.94. The van der Waals surface area contributed by atoms with Crippen molar-refractivity contribution >= 4 is 18.1 Å². The molecule has 0 aliphatic rings. The zero-order valence-corrected chi connectivity index (χ0v) is 7.81. The zero-order chi connectivity index (χ0) is 8.43. The lowest BCUT2D eigenvalue weighted by molar-refractivity contribution is 0.414. The fraction of sp³-hybridized carbons (Fsp3) is 0.250. The number of aryl methyl sites for hydroxylation is 1. The Kier molecular flexibility index (Phi) is 3.70. The second-order valence-electron chi connectivity index (χ2n) is 2.38. The molecule has 3 N–H and O–H groups in total. The molecule has 0 unspecified atom stereocenters. The minimum Gasteiger partial charge on any atom is -0.508 e. The lowest BCUT2D eigenvalue weighted by Crippen LogP contribution is -1.92. The van der Waals surface area contributed by atoms with E-state index in [9.17, 15) is 5.11 Å². The van der Waals surface area contributed by atoms with E-state index >= 15 is 0 Å². The van der Waals surface area contributed by atoms with Crippen molar-refractivity contribution in [3.05, 3.63) is 17.7 Å². The molecule has 0 radical (unpaired) electrons. The first kappa shape index (κ1) is 10.9. The molecule has 4 heteroatoms. The van der Waals surface area contributed by atoms with Gasteiger partial charge in [-0.2, -0.15) is 0 Å². The summed E-state index contributed by atoms with van der Waals surface area (Å²) in [5, 5.41) is 9.18. The summed E-state index contributed by atoms with van der Waals surface area (Å²) in [6.07, 6.45) is 0. The summed E-state index contributed by atoms with van der Waals surface area (Å²) >= 11 is 0. The van der Waals surface area contributed by atoms with Gasteiger partial charge < -0.3 is 15.6 Å². The Balaban J connectivity index is 0.00000121. The highest BCUT2D eigenvalue weighted by molar-refractivity contribution is 5.85. The fourth-order valence-electron chi connectivity index (χ4n) is 0.863. The molecule has 0 amide bonds. The molecule has 0 aromatic heterocycles. The van der Waals surface area contributed by atoms with Gasteiger partial charge in [-0.15, -0.1) is 12.4 Å². The third-order valence-corrected chi connectivity index (χ3v) is 1.55. The smallest absolute Gasteiger partial charge is 0.142 e. The average Bonchev–Trinajstić information content (AvgIpc) is 1.97. The third kappa shape index (κ3) is 1.95. The number of hydrogen-bond donors (Lipinski definition) is 2. The van der Waals surface area contributed by atoms with E-state index in [0.717, 1.165) is 5.56 Å². The number of rotatable bonds is 1. The number of phenolic OH excluding ortho intramolecular Hbond substituents is 1. The van der Waals surface area contributed by atoms with Gasteiger partial charge in [0.25, 0.3) is 0 Å². The Morgan fingerprint density at radius 2 is 2.00 bits per heavy atom. The summed E-state index contributed by atoms with van der Waals surface area (Å²) in [6.45, 7) is 1.79. The molecule has 12 heavy (non-hydrogen) atoms. The van der Waals surface area contributed by atoms with Crippen LogP contribution in [0.1, 0.15) is 5.56 Å². The molecule has 68 valence electrons. The number of aromatic hydroxyl groups is 1. The minimum atomic E-state index is 0. The predicted molar refractivity (Wildman–Crippen MR) is 51.1 cm³/mol. The lowest BCUT2D eigenvalue weighted by atomic mass is 10.2. The number of nitrogen functional groups attached to an aromatic ring is 1. The largest absolute Gasteiger partial charge is 0.508 e. The number of benzene rings is 1. The SMILES string of the molecule is COc1cc(C)c(O)cc1N.Cl. The number of methoxy groups -OCH3 is 1. The lowest BCUT2D eigenvalue weighted by Gasteiger charge is -2.06. The van der Waals surface area contributed by atoms with Crippen LogP contribution in [0.5, 0.6) is 11.5 Å². The highest BCUT2D eigenvalue weighted by atomic mass is 35.5.